The van der Waals surface area contributed by atoms with Crippen molar-refractivity contribution in [3.8, 4) is 0 Å². The molecule has 0 amide bonds. The molecule has 2 nitrogen and oxygen atoms in total. The van der Waals surface area contributed by atoms with Crippen molar-refractivity contribution in [3.63, 3.8) is 0 Å². The van der Waals surface area contributed by atoms with Gasteiger partial charge in [0, 0.05) is 29.3 Å². The van der Waals surface area contributed by atoms with Crippen LogP contribution in [0.5, 0.6) is 0 Å². The highest BCUT2D eigenvalue weighted by Gasteiger charge is 2.17. The summed E-state index contributed by atoms with van der Waals surface area (Å²) in [5.74, 6) is 0.615. The molecule has 2 N–H and O–H groups in total. The molecule has 1 unspecified atom stereocenters. The molecule has 1 aromatic rings. The van der Waals surface area contributed by atoms with Gasteiger partial charge in [-0.2, -0.15) is 0 Å². The molecule has 1 aromatic carbocycles. The molecule has 19 heavy (non-hydrogen) atoms. The van der Waals surface area contributed by atoms with Crippen LogP contribution < -0.4 is 10.6 Å². The van der Waals surface area contributed by atoms with Gasteiger partial charge in [-0.05, 0) is 50.8 Å². The average molecular weight is 283 g/mol. The Labute approximate surface area is 122 Å². The van der Waals surface area contributed by atoms with E-state index in [1.54, 1.807) is 0 Å². The number of hydrogen-bond acceptors (Lipinski definition) is 2. The van der Waals surface area contributed by atoms with Gasteiger partial charge >= 0.3 is 0 Å². The minimum absolute atomic E-state index is 0.160. The van der Waals surface area contributed by atoms with E-state index in [2.05, 4.69) is 44.7 Å². The zero-order chi connectivity index (χ0) is 14.6. The number of halogens is 1. The van der Waals surface area contributed by atoms with Crippen LogP contribution in [0.4, 0.5) is 5.69 Å². The van der Waals surface area contributed by atoms with Crippen LogP contribution in [-0.2, 0) is 6.42 Å². The van der Waals surface area contributed by atoms with E-state index in [1.165, 1.54) is 11.3 Å². The molecule has 0 aromatic heterocycles. The van der Waals surface area contributed by atoms with Gasteiger partial charge in [0.05, 0.1) is 0 Å². The quantitative estimate of drug-likeness (QED) is 0.851. The van der Waals surface area contributed by atoms with Gasteiger partial charge in [-0.1, -0.05) is 31.5 Å². The number of rotatable bonds is 6. The smallest absolute Gasteiger partial charge is 0.0426 e. The van der Waals surface area contributed by atoms with Crippen molar-refractivity contribution in [2.45, 2.75) is 53.1 Å². The van der Waals surface area contributed by atoms with Crippen LogP contribution in [0.15, 0.2) is 18.2 Å². The fourth-order valence-electron chi connectivity index (χ4n) is 2.30. The lowest BCUT2D eigenvalue weighted by Gasteiger charge is -2.33. The zero-order valence-electron chi connectivity index (χ0n) is 12.8. The van der Waals surface area contributed by atoms with E-state index < -0.39 is 0 Å². The highest BCUT2D eigenvalue weighted by molar-refractivity contribution is 6.30. The number of anilines is 1. The van der Waals surface area contributed by atoms with Gasteiger partial charge < -0.3 is 10.6 Å². The molecular formula is C16H27ClN2. The molecule has 1 atom stereocenters. The summed E-state index contributed by atoms with van der Waals surface area (Å²) in [6.45, 7) is 12.0. The van der Waals surface area contributed by atoms with Gasteiger partial charge in [0.2, 0.25) is 0 Å². The minimum Gasteiger partial charge on any atom is -0.369 e. The fraction of sp³-hybridized carbons (Fsp3) is 0.625. The first-order chi connectivity index (χ1) is 8.81. The Balaban J connectivity index is 3.15. The van der Waals surface area contributed by atoms with E-state index >= 15 is 0 Å². The molecule has 0 saturated heterocycles. The largest absolute Gasteiger partial charge is 0.369 e. The second-order valence-corrected chi connectivity index (χ2v) is 6.53. The Morgan fingerprint density at radius 2 is 1.79 bits per heavy atom. The van der Waals surface area contributed by atoms with Crippen molar-refractivity contribution in [3.05, 3.63) is 28.8 Å². The molecule has 0 fully saturated rings. The molecule has 0 spiro atoms. The number of nitrogens with zero attached hydrogens (tertiary/aromatic N) is 1. The predicted octanol–water partition coefficient (Wildman–Crippen LogP) is 4.10. The van der Waals surface area contributed by atoms with Crippen LogP contribution in [-0.4, -0.2) is 18.6 Å². The molecule has 3 heteroatoms. The monoisotopic (exact) mass is 282 g/mol. The Bertz CT molecular complexity index is 400. The minimum atomic E-state index is 0.160. The SMILES string of the molecule is CC(C)CN(c1cc(Cl)ccc1CC(C)N)C(C)C. The standard InChI is InChI=1S/C16H27ClN2/c1-11(2)10-19(12(3)4)16-9-15(17)7-6-14(16)8-13(5)18/h6-7,9,11-13H,8,10,18H2,1-5H3. The zero-order valence-corrected chi connectivity index (χ0v) is 13.5. The molecule has 108 valence electrons. The lowest BCUT2D eigenvalue weighted by molar-refractivity contribution is 0.568. The maximum atomic E-state index is 6.18. The van der Waals surface area contributed by atoms with Crippen LogP contribution in [0.3, 0.4) is 0 Å². The van der Waals surface area contributed by atoms with Gasteiger partial charge in [-0.3, -0.25) is 0 Å². The van der Waals surface area contributed by atoms with Crippen LogP contribution >= 0.6 is 11.6 Å². The van der Waals surface area contributed by atoms with Crippen molar-refractivity contribution in [1.82, 2.24) is 0 Å². The second kappa shape index (κ2) is 7.16. The Morgan fingerprint density at radius 1 is 1.16 bits per heavy atom. The van der Waals surface area contributed by atoms with Crippen molar-refractivity contribution in [2.75, 3.05) is 11.4 Å². The summed E-state index contributed by atoms with van der Waals surface area (Å²) in [6.07, 6.45) is 0.883. The van der Waals surface area contributed by atoms with E-state index in [-0.39, 0.29) is 6.04 Å². The summed E-state index contributed by atoms with van der Waals surface area (Å²) in [4.78, 5) is 2.42. The van der Waals surface area contributed by atoms with Crippen LogP contribution in [0, 0.1) is 5.92 Å². The van der Waals surface area contributed by atoms with Crippen LogP contribution in [0.1, 0.15) is 40.2 Å². The third kappa shape index (κ3) is 5.04. The molecule has 0 heterocycles. The van der Waals surface area contributed by atoms with Crippen molar-refractivity contribution < 1.29 is 0 Å². The topological polar surface area (TPSA) is 29.3 Å². The molecule has 0 radical (unpaired) electrons. The van der Waals surface area contributed by atoms with E-state index in [4.69, 9.17) is 17.3 Å². The lowest BCUT2D eigenvalue weighted by atomic mass is 10.0. The van der Waals surface area contributed by atoms with Crippen molar-refractivity contribution in [2.24, 2.45) is 11.7 Å². The Kier molecular flexibility index (Phi) is 6.15. The maximum Gasteiger partial charge on any atom is 0.0426 e. The lowest BCUT2D eigenvalue weighted by Crippen LogP contribution is -2.35. The van der Waals surface area contributed by atoms with E-state index in [0.29, 0.717) is 12.0 Å². The number of hydrogen-bond donors (Lipinski definition) is 1. The first-order valence-corrected chi connectivity index (χ1v) is 7.49. The summed E-state index contributed by atoms with van der Waals surface area (Å²) in [5, 5.41) is 0.790. The highest BCUT2D eigenvalue weighted by atomic mass is 35.5. The van der Waals surface area contributed by atoms with Crippen molar-refractivity contribution >= 4 is 17.3 Å². The van der Waals surface area contributed by atoms with Crippen LogP contribution in [0.2, 0.25) is 5.02 Å². The summed E-state index contributed by atoms with van der Waals surface area (Å²) < 4.78 is 0. The normalized spacial score (nSPS) is 13.1. The van der Waals surface area contributed by atoms with Gasteiger partial charge in [0.1, 0.15) is 0 Å². The molecule has 0 aliphatic heterocycles. The Morgan fingerprint density at radius 3 is 2.26 bits per heavy atom. The summed E-state index contributed by atoms with van der Waals surface area (Å²) in [5.41, 5.74) is 8.47. The summed E-state index contributed by atoms with van der Waals surface area (Å²) in [6, 6.07) is 6.75. The van der Waals surface area contributed by atoms with Crippen molar-refractivity contribution in [1.29, 1.82) is 0 Å². The van der Waals surface area contributed by atoms with E-state index in [1.807, 2.05) is 13.0 Å². The highest BCUT2D eigenvalue weighted by Crippen LogP contribution is 2.28. The summed E-state index contributed by atoms with van der Waals surface area (Å²) in [7, 11) is 0. The third-order valence-electron chi connectivity index (χ3n) is 3.08. The third-order valence-corrected chi connectivity index (χ3v) is 3.32. The fourth-order valence-corrected chi connectivity index (χ4v) is 2.47. The molecule has 0 bridgehead atoms. The molecule has 0 aliphatic carbocycles. The van der Waals surface area contributed by atoms with E-state index in [0.717, 1.165) is 18.0 Å². The van der Waals surface area contributed by atoms with Gasteiger partial charge in [0.15, 0.2) is 0 Å². The van der Waals surface area contributed by atoms with Gasteiger partial charge in [-0.25, -0.2) is 0 Å². The van der Waals surface area contributed by atoms with Gasteiger partial charge in [0.25, 0.3) is 0 Å². The predicted molar refractivity (Wildman–Crippen MR) is 86.1 cm³/mol. The number of nitrogens with two attached hydrogens (primary N) is 1. The molecule has 0 saturated carbocycles. The number of benzene rings is 1. The molecule has 1 rings (SSSR count). The van der Waals surface area contributed by atoms with Crippen LogP contribution in [0.25, 0.3) is 0 Å². The second-order valence-electron chi connectivity index (χ2n) is 6.09. The summed E-state index contributed by atoms with van der Waals surface area (Å²) >= 11 is 6.18. The Hall–Kier alpha value is -0.730. The molecular weight excluding hydrogens is 256 g/mol. The molecule has 0 aliphatic rings. The van der Waals surface area contributed by atoms with Gasteiger partial charge in [-0.15, -0.1) is 0 Å². The van der Waals surface area contributed by atoms with E-state index in [9.17, 15) is 0 Å². The first kappa shape index (κ1) is 16.3. The maximum absolute atomic E-state index is 6.18. The average Bonchev–Trinajstić information content (AvgIpc) is 2.27. The first-order valence-electron chi connectivity index (χ1n) is 7.12.